The van der Waals surface area contributed by atoms with Crippen molar-refractivity contribution in [3.63, 3.8) is 0 Å². The van der Waals surface area contributed by atoms with Crippen LogP contribution in [0.4, 0.5) is 5.69 Å². The molecule has 2 aliphatic rings. The SMILES string of the molecule is CC(=O)O[C@@H](C(=O)O)[C@H]1OCCN(c2ccc(C(=O)N3CCOCC3)c(Cl)c2)C1=O. The van der Waals surface area contributed by atoms with Gasteiger partial charge in [0.15, 0.2) is 6.10 Å². The van der Waals surface area contributed by atoms with E-state index in [2.05, 4.69) is 0 Å². The molecule has 10 nitrogen and oxygen atoms in total. The van der Waals surface area contributed by atoms with E-state index in [4.69, 9.17) is 25.8 Å². The topological polar surface area (TPSA) is 123 Å². The standard InChI is InChI=1S/C19H21ClN2O8/c1-11(23)30-16(19(26)27)15-18(25)22(6-9-29-15)12-2-3-13(14(20)10-12)17(24)21-4-7-28-8-5-21/h2-3,10,15-16H,4-9H2,1H3,(H,26,27)/t15-,16-/m1/s1. The van der Waals surface area contributed by atoms with Crippen LogP contribution in [-0.4, -0.2) is 85.4 Å². The second-order valence-electron chi connectivity index (χ2n) is 6.72. The highest BCUT2D eigenvalue weighted by molar-refractivity contribution is 6.34. The molecule has 1 N–H and O–H groups in total. The molecule has 2 fully saturated rings. The lowest BCUT2D eigenvalue weighted by molar-refractivity contribution is -0.177. The van der Waals surface area contributed by atoms with Crippen LogP contribution in [0.3, 0.4) is 0 Å². The van der Waals surface area contributed by atoms with Crippen LogP contribution in [0.25, 0.3) is 0 Å². The van der Waals surface area contributed by atoms with E-state index >= 15 is 0 Å². The zero-order chi connectivity index (χ0) is 21.8. The molecule has 2 atom stereocenters. The van der Waals surface area contributed by atoms with Gasteiger partial charge in [-0.3, -0.25) is 14.4 Å². The van der Waals surface area contributed by atoms with Gasteiger partial charge < -0.3 is 29.1 Å². The number of morpholine rings is 2. The van der Waals surface area contributed by atoms with Gasteiger partial charge in [-0.2, -0.15) is 0 Å². The maximum atomic E-state index is 12.8. The van der Waals surface area contributed by atoms with E-state index in [0.717, 1.165) is 6.92 Å². The highest BCUT2D eigenvalue weighted by Gasteiger charge is 2.42. The summed E-state index contributed by atoms with van der Waals surface area (Å²) in [5.41, 5.74) is 0.673. The minimum absolute atomic E-state index is 0.0352. The largest absolute Gasteiger partial charge is 0.478 e. The summed E-state index contributed by atoms with van der Waals surface area (Å²) in [4.78, 5) is 51.1. The number of anilines is 1. The summed E-state index contributed by atoms with van der Waals surface area (Å²) in [5, 5.41) is 9.48. The van der Waals surface area contributed by atoms with Gasteiger partial charge in [-0.15, -0.1) is 0 Å². The first kappa shape index (κ1) is 22.0. The quantitative estimate of drug-likeness (QED) is 0.659. The lowest BCUT2D eigenvalue weighted by atomic mass is 10.1. The minimum Gasteiger partial charge on any atom is -0.478 e. The van der Waals surface area contributed by atoms with Gasteiger partial charge in [0, 0.05) is 32.2 Å². The van der Waals surface area contributed by atoms with Crippen molar-refractivity contribution in [1.82, 2.24) is 4.90 Å². The molecule has 0 aliphatic carbocycles. The van der Waals surface area contributed by atoms with E-state index in [-0.39, 0.29) is 24.1 Å². The lowest BCUT2D eigenvalue weighted by Gasteiger charge is -2.34. The van der Waals surface area contributed by atoms with Gasteiger partial charge in [-0.1, -0.05) is 11.6 Å². The summed E-state index contributed by atoms with van der Waals surface area (Å²) in [7, 11) is 0. The molecule has 0 aromatic heterocycles. The Hall–Kier alpha value is -2.69. The highest BCUT2D eigenvalue weighted by Crippen LogP contribution is 2.28. The molecular weight excluding hydrogens is 420 g/mol. The number of carboxylic acid groups (broad SMARTS) is 1. The molecule has 2 saturated heterocycles. The molecule has 2 amide bonds. The van der Waals surface area contributed by atoms with Crippen molar-refractivity contribution in [3.8, 4) is 0 Å². The predicted molar refractivity (Wildman–Crippen MR) is 103 cm³/mol. The summed E-state index contributed by atoms with van der Waals surface area (Å²) in [5.74, 6) is -3.25. The maximum absolute atomic E-state index is 12.8. The number of esters is 1. The molecule has 0 bridgehead atoms. The smallest absolute Gasteiger partial charge is 0.348 e. The Labute approximate surface area is 177 Å². The van der Waals surface area contributed by atoms with E-state index in [0.29, 0.717) is 37.6 Å². The second-order valence-corrected chi connectivity index (χ2v) is 7.13. The van der Waals surface area contributed by atoms with Crippen molar-refractivity contribution in [2.24, 2.45) is 0 Å². The highest BCUT2D eigenvalue weighted by atomic mass is 35.5. The normalized spacial score (nSPS) is 20.6. The summed E-state index contributed by atoms with van der Waals surface area (Å²) in [6, 6.07) is 4.55. The Morgan fingerprint density at radius 2 is 1.90 bits per heavy atom. The predicted octanol–water partition coefficient (Wildman–Crippen LogP) is 0.560. The molecule has 30 heavy (non-hydrogen) atoms. The number of carbonyl (C=O) groups is 4. The molecule has 2 heterocycles. The van der Waals surface area contributed by atoms with Crippen molar-refractivity contribution in [2.75, 3.05) is 44.4 Å². The summed E-state index contributed by atoms with van der Waals surface area (Å²) in [6.07, 6.45) is -3.26. The molecule has 0 unspecified atom stereocenters. The van der Waals surface area contributed by atoms with Crippen LogP contribution in [0.15, 0.2) is 18.2 Å². The third-order valence-electron chi connectivity index (χ3n) is 4.73. The molecule has 0 spiro atoms. The third-order valence-corrected chi connectivity index (χ3v) is 5.04. The molecule has 1 aromatic rings. The van der Waals surface area contributed by atoms with E-state index in [1.165, 1.54) is 17.0 Å². The first-order chi connectivity index (χ1) is 14.3. The van der Waals surface area contributed by atoms with Crippen LogP contribution >= 0.6 is 11.6 Å². The first-order valence-corrected chi connectivity index (χ1v) is 9.67. The maximum Gasteiger partial charge on any atom is 0.348 e. The summed E-state index contributed by atoms with van der Waals surface area (Å²) in [6.45, 7) is 3.07. The number of hydrogen-bond donors (Lipinski definition) is 1. The van der Waals surface area contributed by atoms with Gasteiger partial charge in [0.1, 0.15) is 0 Å². The van der Waals surface area contributed by atoms with Crippen LogP contribution in [0, 0.1) is 0 Å². The van der Waals surface area contributed by atoms with Gasteiger partial charge in [-0.25, -0.2) is 4.79 Å². The zero-order valence-corrected chi connectivity index (χ0v) is 17.0. The Kier molecular flexibility index (Phi) is 6.91. The van der Waals surface area contributed by atoms with Crippen molar-refractivity contribution < 1.29 is 38.5 Å². The number of nitrogens with zero attached hydrogens (tertiary/aromatic N) is 2. The number of aliphatic carboxylic acids is 1. The molecule has 0 saturated carbocycles. The number of hydrogen-bond acceptors (Lipinski definition) is 7. The Balaban J connectivity index is 1.80. The number of halogens is 1. The Morgan fingerprint density at radius 3 is 2.50 bits per heavy atom. The van der Waals surface area contributed by atoms with Gasteiger partial charge in [0.2, 0.25) is 6.10 Å². The van der Waals surface area contributed by atoms with Crippen molar-refractivity contribution in [3.05, 3.63) is 28.8 Å². The van der Waals surface area contributed by atoms with E-state index in [9.17, 15) is 24.3 Å². The molecule has 11 heteroatoms. The molecule has 0 radical (unpaired) electrons. The van der Waals surface area contributed by atoms with E-state index in [1.54, 1.807) is 11.0 Å². The Bertz CT molecular complexity index is 855. The van der Waals surface area contributed by atoms with Crippen molar-refractivity contribution in [2.45, 2.75) is 19.1 Å². The Morgan fingerprint density at radius 1 is 1.20 bits per heavy atom. The first-order valence-electron chi connectivity index (χ1n) is 9.29. The fourth-order valence-corrected chi connectivity index (χ4v) is 3.54. The minimum atomic E-state index is -1.77. The molecule has 3 rings (SSSR count). The van der Waals surface area contributed by atoms with Crippen LogP contribution in [0.5, 0.6) is 0 Å². The number of benzene rings is 1. The summed E-state index contributed by atoms with van der Waals surface area (Å²) >= 11 is 6.32. The van der Waals surface area contributed by atoms with E-state index in [1.807, 2.05) is 0 Å². The van der Waals surface area contributed by atoms with Gasteiger partial charge >= 0.3 is 11.9 Å². The van der Waals surface area contributed by atoms with E-state index < -0.39 is 30.1 Å². The van der Waals surface area contributed by atoms with Crippen LogP contribution in [0.2, 0.25) is 5.02 Å². The van der Waals surface area contributed by atoms with Crippen molar-refractivity contribution in [1.29, 1.82) is 0 Å². The molecule has 162 valence electrons. The fraction of sp³-hybridized carbons (Fsp3) is 0.474. The average Bonchev–Trinajstić information content (AvgIpc) is 2.72. The van der Waals surface area contributed by atoms with Gasteiger partial charge in [-0.05, 0) is 18.2 Å². The van der Waals surface area contributed by atoms with Crippen LogP contribution in [-0.2, 0) is 28.6 Å². The van der Waals surface area contributed by atoms with Gasteiger partial charge in [0.25, 0.3) is 11.8 Å². The third kappa shape index (κ3) is 4.72. The van der Waals surface area contributed by atoms with Crippen molar-refractivity contribution >= 4 is 41.0 Å². The van der Waals surface area contributed by atoms with Gasteiger partial charge in [0.05, 0.1) is 30.4 Å². The number of amides is 2. The number of rotatable bonds is 5. The van der Waals surface area contributed by atoms with Crippen LogP contribution in [0.1, 0.15) is 17.3 Å². The van der Waals surface area contributed by atoms with Crippen LogP contribution < -0.4 is 4.90 Å². The monoisotopic (exact) mass is 440 g/mol. The second kappa shape index (κ2) is 9.41. The number of ether oxygens (including phenoxy) is 3. The number of carboxylic acids is 1. The fourth-order valence-electron chi connectivity index (χ4n) is 3.28. The molecule has 2 aliphatic heterocycles. The molecular formula is C19H21ClN2O8. The molecule has 1 aromatic carbocycles. The lowest BCUT2D eigenvalue weighted by Crippen LogP contribution is -2.55. The number of carbonyl (C=O) groups excluding carboxylic acids is 3. The zero-order valence-electron chi connectivity index (χ0n) is 16.2. The summed E-state index contributed by atoms with van der Waals surface area (Å²) < 4.78 is 15.3. The average molecular weight is 441 g/mol.